The van der Waals surface area contributed by atoms with Gasteiger partial charge in [0.05, 0.1) is 18.5 Å². The van der Waals surface area contributed by atoms with Crippen molar-refractivity contribution in [3.8, 4) is 5.75 Å². The van der Waals surface area contributed by atoms with Crippen LogP contribution in [0, 0.1) is 0 Å². The molecule has 5 nitrogen and oxygen atoms in total. The van der Waals surface area contributed by atoms with E-state index in [1.165, 1.54) is 0 Å². The zero-order valence-corrected chi connectivity index (χ0v) is 10.2. The number of ether oxygens (including phenoxy) is 1. The lowest BCUT2D eigenvalue weighted by molar-refractivity contribution is 0.1000. The maximum absolute atomic E-state index is 11.0. The number of pyridine rings is 1. The second-order valence-electron chi connectivity index (χ2n) is 4.00. The first-order valence-electron chi connectivity index (χ1n) is 5.76. The summed E-state index contributed by atoms with van der Waals surface area (Å²) in [5.74, 6) is 0.137. The standard InChI is InChI=1S/C14H14N2O3/c15-14(18)11-3-1-2-10(6-11)9-19-13-5-4-12(8-17)16-7-13/h1-7,17H,8-9H2,(H2,15,18). The maximum atomic E-state index is 11.0. The van der Waals surface area contributed by atoms with E-state index >= 15 is 0 Å². The fraction of sp³-hybridized carbons (Fsp3) is 0.143. The van der Waals surface area contributed by atoms with Crippen molar-refractivity contribution in [1.82, 2.24) is 4.98 Å². The summed E-state index contributed by atoms with van der Waals surface area (Å²) in [6.45, 7) is 0.224. The summed E-state index contributed by atoms with van der Waals surface area (Å²) in [5, 5.41) is 8.87. The van der Waals surface area contributed by atoms with Crippen molar-refractivity contribution in [1.29, 1.82) is 0 Å². The number of nitrogens with two attached hydrogens (primary N) is 1. The van der Waals surface area contributed by atoms with Crippen LogP contribution in [0.25, 0.3) is 0 Å². The summed E-state index contributed by atoms with van der Waals surface area (Å²) in [5.41, 5.74) is 7.10. The summed E-state index contributed by atoms with van der Waals surface area (Å²) >= 11 is 0. The van der Waals surface area contributed by atoms with Gasteiger partial charge in [-0.25, -0.2) is 0 Å². The van der Waals surface area contributed by atoms with Crippen LogP contribution in [0.5, 0.6) is 5.75 Å². The summed E-state index contributed by atoms with van der Waals surface area (Å²) < 4.78 is 5.53. The van der Waals surface area contributed by atoms with Crippen LogP contribution in [0.2, 0.25) is 0 Å². The molecule has 0 aliphatic rings. The molecule has 0 unspecified atom stereocenters. The van der Waals surface area contributed by atoms with E-state index in [0.29, 0.717) is 23.6 Å². The van der Waals surface area contributed by atoms with Gasteiger partial charge in [-0.15, -0.1) is 0 Å². The molecule has 0 saturated heterocycles. The molecule has 3 N–H and O–H groups in total. The monoisotopic (exact) mass is 258 g/mol. The van der Waals surface area contributed by atoms with E-state index in [1.54, 1.807) is 36.5 Å². The lowest BCUT2D eigenvalue weighted by Gasteiger charge is -2.07. The van der Waals surface area contributed by atoms with Crippen LogP contribution in [0.3, 0.4) is 0 Å². The van der Waals surface area contributed by atoms with Crippen molar-refractivity contribution in [3.63, 3.8) is 0 Å². The largest absolute Gasteiger partial charge is 0.487 e. The molecule has 19 heavy (non-hydrogen) atoms. The third-order valence-corrected chi connectivity index (χ3v) is 2.58. The van der Waals surface area contributed by atoms with Crippen molar-refractivity contribution < 1.29 is 14.6 Å². The van der Waals surface area contributed by atoms with E-state index in [9.17, 15) is 4.79 Å². The van der Waals surface area contributed by atoms with Crippen LogP contribution < -0.4 is 10.5 Å². The molecule has 0 radical (unpaired) electrons. The van der Waals surface area contributed by atoms with E-state index in [1.807, 2.05) is 6.07 Å². The van der Waals surface area contributed by atoms with Crippen LogP contribution >= 0.6 is 0 Å². The van der Waals surface area contributed by atoms with Crippen LogP contribution in [-0.4, -0.2) is 16.0 Å². The van der Waals surface area contributed by atoms with Crippen molar-refractivity contribution in [2.24, 2.45) is 5.73 Å². The molecule has 0 fully saturated rings. The molecule has 1 heterocycles. The number of rotatable bonds is 5. The average molecular weight is 258 g/mol. The average Bonchev–Trinajstić information content (AvgIpc) is 2.46. The number of amides is 1. The Labute approximate surface area is 110 Å². The fourth-order valence-electron chi connectivity index (χ4n) is 1.57. The Morgan fingerprint density at radius 1 is 1.32 bits per heavy atom. The number of carbonyl (C=O) groups is 1. The number of nitrogens with zero attached hydrogens (tertiary/aromatic N) is 1. The van der Waals surface area contributed by atoms with Gasteiger partial charge in [0.15, 0.2) is 0 Å². The Morgan fingerprint density at radius 3 is 2.79 bits per heavy atom. The highest BCUT2D eigenvalue weighted by Crippen LogP contribution is 2.13. The van der Waals surface area contributed by atoms with Crippen molar-refractivity contribution in [3.05, 3.63) is 59.4 Å². The summed E-state index contributed by atoms with van der Waals surface area (Å²) in [6, 6.07) is 10.4. The SMILES string of the molecule is NC(=O)c1cccc(COc2ccc(CO)nc2)c1. The molecule has 2 rings (SSSR count). The van der Waals surface area contributed by atoms with Gasteiger partial charge in [-0.2, -0.15) is 0 Å². The van der Waals surface area contributed by atoms with Gasteiger partial charge < -0.3 is 15.6 Å². The molecule has 1 aromatic carbocycles. The molecule has 0 atom stereocenters. The Hall–Kier alpha value is -2.40. The van der Waals surface area contributed by atoms with Crippen molar-refractivity contribution in [2.45, 2.75) is 13.2 Å². The molecule has 5 heteroatoms. The van der Waals surface area contributed by atoms with E-state index in [2.05, 4.69) is 4.98 Å². The molecule has 0 aliphatic heterocycles. The van der Waals surface area contributed by atoms with E-state index in [4.69, 9.17) is 15.6 Å². The van der Waals surface area contributed by atoms with Crippen molar-refractivity contribution >= 4 is 5.91 Å². The molecular weight excluding hydrogens is 244 g/mol. The molecular formula is C14H14N2O3. The van der Waals surface area contributed by atoms with Gasteiger partial charge in [-0.3, -0.25) is 9.78 Å². The number of aliphatic hydroxyl groups excluding tert-OH is 1. The zero-order chi connectivity index (χ0) is 13.7. The highest BCUT2D eigenvalue weighted by Gasteiger charge is 2.02. The smallest absolute Gasteiger partial charge is 0.248 e. The predicted octanol–water partition coefficient (Wildman–Crippen LogP) is 1.25. The Bertz CT molecular complexity index is 567. The van der Waals surface area contributed by atoms with Gasteiger partial charge in [0.1, 0.15) is 12.4 Å². The lowest BCUT2D eigenvalue weighted by atomic mass is 10.1. The van der Waals surface area contributed by atoms with E-state index < -0.39 is 5.91 Å². The Kier molecular flexibility index (Phi) is 4.10. The molecule has 0 aliphatic carbocycles. The van der Waals surface area contributed by atoms with Crippen LogP contribution in [0.1, 0.15) is 21.6 Å². The third-order valence-electron chi connectivity index (χ3n) is 2.58. The van der Waals surface area contributed by atoms with Gasteiger partial charge >= 0.3 is 0 Å². The predicted molar refractivity (Wildman–Crippen MR) is 69.5 cm³/mol. The number of aromatic nitrogens is 1. The zero-order valence-electron chi connectivity index (χ0n) is 10.2. The lowest BCUT2D eigenvalue weighted by Crippen LogP contribution is -2.11. The number of primary amides is 1. The molecule has 98 valence electrons. The van der Waals surface area contributed by atoms with E-state index in [-0.39, 0.29) is 6.61 Å². The molecule has 1 amide bonds. The first-order valence-corrected chi connectivity index (χ1v) is 5.76. The van der Waals surface area contributed by atoms with E-state index in [0.717, 1.165) is 5.56 Å². The summed E-state index contributed by atoms with van der Waals surface area (Å²) in [7, 11) is 0. The topological polar surface area (TPSA) is 85.4 Å². The van der Waals surface area contributed by atoms with Gasteiger partial charge in [0.25, 0.3) is 0 Å². The normalized spacial score (nSPS) is 10.2. The second-order valence-corrected chi connectivity index (χ2v) is 4.00. The quantitative estimate of drug-likeness (QED) is 0.845. The minimum Gasteiger partial charge on any atom is -0.487 e. The molecule has 1 aromatic heterocycles. The Morgan fingerprint density at radius 2 is 2.16 bits per heavy atom. The fourth-order valence-corrected chi connectivity index (χ4v) is 1.57. The van der Waals surface area contributed by atoms with Gasteiger partial charge in [0.2, 0.25) is 5.91 Å². The first kappa shape index (κ1) is 13.0. The molecule has 0 bridgehead atoms. The molecule has 0 spiro atoms. The highest BCUT2D eigenvalue weighted by atomic mass is 16.5. The number of aliphatic hydroxyl groups is 1. The van der Waals surface area contributed by atoms with Crippen LogP contribution in [0.4, 0.5) is 0 Å². The number of hydrogen-bond acceptors (Lipinski definition) is 4. The molecule has 0 saturated carbocycles. The maximum Gasteiger partial charge on any atom is 0.248 e. The highest BCUT2D eigenvalue weighted by molar-refractivity contribution is 5.92. The second kappa shape index (κ2) is 5.97. The third kappa shape index (κ3) is 3.53. The number of hydrogen-bond donors (Lipinski definition) is 2. The minimum atomic E-state index is -0.462. The van der Waals surface area contributed by atoms with Gasteiger partial charge in [-0.05, 0) is 29.8 Å². The van der Waals surface area contributed by atoms with Crippen molar-refractivity contribution in [2.75, 3.05) is 0 Å². The Balaban J connectivity index is 2.01. The minimum absolute atomic E-state index is 0.0963. The summed E-state index contributed by atoms with van der Waals surface area (Å²) in [6.07, 6.45) is 1.55. The number of benzene rings is 1. The van der Waals surface area contributed by atoms with Gasteiger partial charge in [0, 0.05) is 5.56 Å². The summed E-state index contributed by atoms with van der Waals surface area (Å²) in [4.78, 5) is 15.1. The van der Waals surface area contributed by atoms with Gasteiger partial charge in [-0.1, -0.05) is 12.1 Å². The molecule has 2 aromatic rings. The van der Waals surface area contributed by atoms with Crippen LogP contribution in [-0.2, 0) is 13.2 Å². The van der Waals surface area contributed by atoms with Crippen LogP contribution in [0.15, 0.2) is 42.6 Å². The number of carbonyl (C=O) groups excluding carboxylic acids is 1. The first-order chi connectivity index (χ1) is 9.19.